The molecule has 0 heterocycles. The van der Waals surface area contributed by atoms with E-state index in [1.165, 1.54) is 0 Å². The number of likely N-dealkylation sites (N-methyl/N-ethyl adjacent to an activating group) is 1. The summed E-state index contributed by atoms with van der Waals surface area (Å²) in [5.74, 6) is 5.30. The van der Waals surface area contributed by atoms with Gasteiger partial charge in [-0.05, 0) is 58.6 Å². The highest BCUT2D eigenvalue weighted by atomic mass is 16.1. The Labute approximate surface area is 115 Å². The highest BCUT2D eigenvalue weighted by Crippen LogP contribution is 2.15. The maximum atomic E-state index is 12.1. The van der Waals surface area contributed by atoms with Crippen LogP contribution in [0.4, 0.5) is 5.69 Å². The molecule has 19 heavy (non-hydrogen) atoms. The summed E-state index contributed by atoms with van der Waals surface area (Å²) in [6.45, 7) is 6.67. The molecule has 5 nitrogen and oxygen atoms in total. The summed E-state index contributed by atoms with van der Waals surface area (Å²) in [5, 5.41) is 2.95. The van der Waals surface area contributed by atoms with Crippen molar-refractivity contribution >= 4 is 11.6 Å². The predicted molar refractivity (Wildman–Crippen MR) is 79.1 cm³/mol. The van der Waals surface area contributed by atoms with E-state index in [1.807, 2.05) is 27.1 Å². The molecule has 0 radical (unpaired) electrons. The zero-order valence-corrected chi connectivity index (χ0v) is 12.4. The maximum absolute atomic E-state index is 12.1. The number of anilines is 1. The molecule has 1 amide bonds. The van der Waals surface area contributed by atoms with E-state index in [0.717, 1.165) is 11.3 Å². The molecule has 0 unspecified atom stereocenters. The number of aryl methyl sites for hydroxylation is 1. The lowest BCUT2D eigenvalue weighted by molar-refractivity contribution is 0.0919. The van der Waals surface area contributed by atoms with E-state index >= 15 is 0 Å². The molecule has 1 rings (SSSR count). The van der Waals surface area contributed by atoms with Crippen molar-refractivity contribution in [2.75, 3.05) is 26.1 Å². The van der Waals surface area contributed by atoms with E-state index < -0.39 is 0 Å². The molecule has 0 saturated carbocycles. The van der Waals surface area contributed by atoms with Gasteiger partial charge in [0.25, 0.3) is 5.91 Å². The van der Waals surface area contributed by atoms with E-state index in [4.69, 9.17) is 5.84 Å². The van der Waals surface area contributed by atoms with Gasteiger partial charge in [-0.25, -0.2) is 0 Å². The zero-order chi connectivity index (χ0) is 14.6. The third-order valence-electron chi connectivity index (χ3n) is 3.54. The fourth-order valence-corrected chi connectivity index (χ4v) is 1.52. The molecular formula is C14H24N4O. The second kappa shape index (κ2) is 6.04. The van der Waals surface area contributed by atoms with Crippen molar-refractivity contribution in [3.8, 4) is 0 Å². The van der Waals surface area contributed by atoms with E-state index in [1.54, 1.807) is 12.1 Å². The van der Waals surface area contributed by atoms with Crippen LogP contribution < -0.4 is 16.6 Å². The van der Waals surface area contributed by atoms with Crippen LogP contribution >= 0.6 is 0 Å². The number of hydrazine groups is 1. The quantitative estimate of drug-likeness (QED) is 0.554. The first kappa shape index (κ1) is 15.5. The molecule has 0 aromatic heterocycles. The summed E-state index contributed by atoms with van der Waals surface area (Å²) in [5.41, 5.74) is 4.93. The molecule has 0 fully saturated rings. The van der Waals surface area contributed by atoms with Crippen LogP contribution in [0.5, 0.6) is 0 Å². The standard InChI is InChI=1S/C14H24N4O/c1-10-8-11(6-7-12(10)17-15)13(19)16-9-14(2,3)18(4)5/h6-8,17H,9,15H2,1-5H3,(H,16,19). The van der Waals surface area contributed by atoms with Gasteiger partial charge in [-0.15, -0.1) is 0 Å². The summed E-state index contributed by atoms with van der Waals surface area (Å²) in [7, 11) is 4.00. The molecule has 0 bridgehead atoms. The second-order valence-corrected chi connectivity index (χ2v) is 5.56. The molecule has 106 valence electrons. The van der Waals surface area contributed by atoms with E-state index in [0.29, 0.717) is 12.1 Å². The number of benzene rings is 1. The minimum atomic E-state index is -0.0799. The van der Waals surface area contributed by atoms with Crippen LogP contribution in [0.1, 0.15) is 29.8 Å². The van der Waals surface area contributed by atoms with Crippen LogP contribution in [-0.4, -0.2) is 37.0 Å². The molecule has 5 heteroatoms. The Balaban J connectivity index is 2.72. The van der Waals surface area contributed by atoms with E-state index in [2.05, 4.69) is 29.5 Å². The van der Waals surface area contributed by atoms with E-state index in [-0.39, 0.29) is 11.4 Å². The minimum Gasteiger partial charge on any atom is -0.350 e. The lowest BCUT2D eigenvalue weighted by Gasteiger charge is -2.32. The lowest BCUT2D eigenvalue weighted by atomic mass is 10.0. The number of rotatable bonds is 5. The number of hydrogen-bond donors (Lipinski definition) is 3. The third kappa shape index (κ3) is 3.94. The highest BCUT2D eigenvalue weighted by molar-refractivity contribution is 5.94. The van der Waals surface area contributed by atoms with Crippen LogP contribution in [0.3, 0.4) is 0 Å². The Morgan fingerprint density at radius 3 is 2.47 bits per heavy atom. The highest BCUT2D eigenvalue weighted by Gasteiger charge is 2.21. The summed E-state index contributed by atoms with van der Waals surface area (Å²) in [6, 6.07) is 5.40. The van der Waals surface area contributed by atoms with Crippen LogP contribution in [0.2, 0.25) is 0 Å². The van der Waals surface area contributed by atoms with Gasteiger partial charge in [0.1, 0.15) is 0 Å². The van der Waals surface area contributed by atoms with E-state index in [9.17, 15) is 4.79 Å². The number of nitrogens with two attached hydrogens (primary N) is 1. The zero-order valence-electron chi connectivity index (χ0n) is 12.4. The molecule has 0 aliphatic rings. The van der Waals surface area contributed by atoms with Crippen molar-refractivity contribution in [2.24, 2.45) is 5.84 Å². The minimum absolute atomic E-state index is 0.0680. The molecular weight excluding hydrogens is 240 g/mol. The van der Waals surface area contributed by atoms with Crippen molar-refractivity contribution in [1.29, 1.82) is 0 Å². The molecule has 0 atom stereocenters. The molecule has 1 aromatic rings. The molecule has 0 aliphatic carbocycles. The lowest BCUT2D eigenvalue weighted by Crippen LogP contribution is -2.48. The Bertz CT molecular complexity index is 455. The number of nitrogens with one attached hydrogen (secondary N) is 2. The third-order valence-corrected chi connectivity index (χ3v) is 3.54. The summed E-state index contributed by atoms with van der Waals surface area (Å²) < 4.78 is 0. The summed E-state index contributed by atoms with van der Waals surface area (Å²) in [6.07, 6.45) is 0. The summed E-state index contributed by atoms with van der Waals surface area (Å²) in [4.78, 5) is 14.2. The molecule has 4 N–H and O–H groups in total. The molecule has 1 aromatic carbocycles. The SMILES string of the molecule is Cc1cc(C(=O)NCC(C)(C)N(C)C)ccc1NN. The van der Waals surface area contributed by atoms with Gasteiger partial charge in [0.15, 0.2) is 0 Å². The number of nitrogen functional groups attached to an aromatic ring is 1. The van der Waals surface area contributed by atoms with Crippen molar-refractivity contribution in [2.45, 2.75) is 26.3 Å². The summed E-state index contributed by atoms with van der Waals surface area (Å²) >= 11 is 0. The number of hydrogen-bond acceptors (Lipinski definition) is 4. The van der Waals surface area contributed by atoms with Gasteiger partial charge in [0.05, 0.1) is 5.69 Å². The van der Waals surface area contributed by atoms with Crippen molar-refractivity contribution < 1.29 is 4.79 Å². The van der Waals surface area contributed by atoms with Gasteiger partial charge >= 0.3 is 0 Å². The Morgan fingerprint density at radius 2 is 2.00 bits per heavy atom. The number of carbonyl (C=O) groups is 1. The Kier molecular flexibility index (Phi) is 4.91. The van der Waals surface area contributed by atoms with Crippen LogP contribution in [0.25, 0.3) is 0 Å². The topological polar surface area (TPSA) is 70.4 Å². The first-order chi connectivity index (χ1) is 8.77. The first-order valence-electron chi connectivity index (χ1n) is 6.31. The first-order valence-corrected chi connectivity index (χ1v) is 6.31. The number of carbonyl (C=O) groups excluding carboxylic acids is 1. The fraction of sp³-hybridized carbons (Fsp3) is 0.500. The normalized spacial score (nSPS) is 11.5. The van der Waals surface area contributed by atoms with Crippen LogP contribution in [0, 0.1) is 6.92 Å². The Morgan fingerprint density at radius 1 is 1.37 bits per heavy atom. The van der Waals surface area contributed by atoms with Gasteiger partial charge in [-0.1, -0.05) is 0 Å². The van der Waals surface area contributed by atoms with Gasteiger partial charge < -0.3 is 15.6 Å². The smallest absolute Gasteiger partial charge is 0.251 e. The van der Waals surface area contributed by atoms with Crippen molar-refractivity contribution in [1.82, 2.24) is 10.2 Å². The fourth-order valence-electron chi connectivity index (χ4n) is 1.52. The van der Waals surface area contributed by atoms with Crippen molar-refractivity contribution in [3.05, 3.63) is 29.3 Å². The Hall–Kier alpha value is -1.59. The predicted octanol–water partition coefficient (Wildman–Crippen LogP) is 1.35. The van der Waals surface area contributed by atoms with Crippen LogP contribution in [-0.2, 0) is 0 Å². The van der Waals surface area contributed by atoms with Crippen LogP contribution in [0.15, 0.2) is 18.2 Å². The molecule has 0 aliphatic heterocycles. The van der Waals surface area contributed by atoms with Gasteiger partial charge in [-0.2, -0.15) is 0 Å². The molecule has 0 saturated heterocycles. The van der Waals surface area contributed by atoms with Gasteiger partial charge in [-0.3, -0.25) is 10.6 Å². The average Bonchev–Trinajstić information content (AvgIpc) is 2.35. The maximum Gasteiger partial charge on any atom is 0.251 e. The van der Waals surface area contributed by atoms with Gasteiger partial charge in [0, 0.05) is 17.6 Å². The largest absolute Gasteiger partial charge is 0.350 e. The van der Waals surface area contributed by atoms with Gasteiger partial charge in [0.2, 0.25) is 0 Å². The second-order valence-electron chi connectivity index (χ2n) is 5.56. The average molecular weight is 264 g/mol. The van der Waals surface area contributed by atoms with Crippen molar-refractivity contribution in [3.63, 3.8) is 0 Å². The number of amides is 1. The monoisotopic (exact) mass is 264 g/mol. The number of nitrogens with zero attached hydrogens (tertiary/aromatic N) is 1. The molecule has 0 spiro atoms.